The predicted octanol–water partition coefficient (Wildman–Crippen LogP) is 2.19. The number of aromatic nitrogens is 4. The molecule has 0 amide bonds. The van der Waals surface area contributed by atoms with Crippen LogP contribution in [0.5, 0.6) is 0 Å². The van der Waals surface area contributed by atoms with Crippen molar-refractivity contribution in [2.75, 3.05) is 11.9 Å². The standard InChI is InChI=1S/C10H12F3N5/c1-7-16-17-9-8(15-5-6-18(7)9)14-4-2-3-10(11,12)13/h5-6H,2-4H2,1H3,(H,14,15). The Hall–Kier alpha value is -1.86. The molecule has 0 spiro atoms. The highest BCUT2D eigenvalue weighted by atomic mass is 19.4. The van der Waals surface area contributed by atoms with Gasteiger partial charge in [0.05, 0.1) is 0 Å². The van der Waals surface area contributed by atoms with Crippen molar-refractivity contribution in [1.82, 2.24) is 19.6 Å². The zero-order valence-electron chi connectivity index (χ0n) is 9.70. The maximum Gasteiger partial charge on any atom is 0.389 e. The van der Waals surface area contributed by atoms with Crippen molar-refractivity contribution in [1.29, 1.82) is 0 Å². The predicted molar refractivity (Wildman–Crippen MR) is 59.3 cm³/mol. The molecule has 0 radical (unpaired) electrons. The zero-order valence-corrected chi connectivity index (χ0v) is 9.70. The van der Waals surface area contributed by atoms with Crippen LogP contribution in [0.1, 0.15) is 18.7 Å². The number of rotatable bonds is 4. The molecule has 0 aromatic carbocycles. The Morgan fingerprint density at radius 1 is 1.33 bits per heavy atom. The van der Waals surface area contributed by atoms with Gasteiger partial charge in [-0.3, -0.25) is 4.40 Å². The second-order valence-corrected chi connectivity index (χ2v) is 3.86. The van der Waals surface area contributed by atoms with E-state index < -0.39 is 12.6 Å². The summed E-state index contributed by atoms with van der Waals surface area (Å²) in [4.78, 5) is 4.04. The molecular weight excluding hydrogens is 247 g/mol. The van der Waals surface area contributed by atoms with E-state index >= 15 is 0 Å². The first-order chi connectivity index (χ1) is 8.47. The minimum atomic E-state index is -4.12. The van der Waals surface area contributed by atoms with Crippen LogP contribution in [0.15, 0.2) is 12.4 Å². The summed E-state index contributed by atoms with van der Waals surface area (Å²) in [7, 11) is 0. The van der Waals surface area contributed by atoms with E-state index in [1.165, 1.54) is 0 Å². The van der Waals surface area contributed by atoms with Crippen molar-refractivity contribution in [3.63, 3.8) is 0 Å². The van der Waals surface area contributed by atoms with Crippen molar-refractivity contribution in [2.45, 2.75) is 25.9 Å². The van der Waals surface area contributed by atoms with Crippen LogP contribution in [-0.2, 0) is 0 Å². The van der Waals surface area contributed by atoms with Crippen LogP contribution in [-0.4, -0.2) is 32.3 Å². The first-order valence-corrected chi connectivity index (χ1v) is 5.44. The largest absolute Gasteiger partial charge is 0.389 e. The van der Waals surface area contributed by atoms with Gasteiger partial charge in [0.1, 0.15) is 5.82 Å². The number of nitrogens with one attached hydrogen (secondary N) is 1. The van der Waals surface area contributed by atoms with E-state index in [2.05, 4.69) is 20.5 Å². The van der Waals surface area contributed by atoms with Crippen molar-refractivity contribution in [3.05, 3.63) is 18.2 Å². The molecule has 18 heavy (non-hydrogen) atoms. The average Bonchev–Trinajstić information content (AvgIpc) is 2.67. The molecule has 98 valence electrons. The van der Waals surface area contributed by atoms with E-state index in [9.17, 15) is 13.2 Å². The Balaban J connectivity index is 2.00. The van der Waals surface area contributed by atoms with Crippen molar-refractivity contribution in [3.8, 4) is 0 Å². The smallest absolute Gasteiger partial charge is 0.367 e. The highest BCUT2D eigenvalue weighted by Gasteiger charge is 2.25. The Morgan fingerprint density at radius 2 is 2.11 bits per heavy atom. The lowest BCUT2D eigenvalue weighted by atomic mass is 10.3. The van der Waals surface area contributed by atoms with Crippen molar-refractivity contribution in [2.24, 2.45) is 0 Å². The molecule has 0 aliphatic heterocycles. The van der Waals surface area contributed by atoms with Crippen LogP contribution in [0.3, 0.4) is 0 Å². The Kier molecular flexibility index (Phi) is 3.35. The van der Waals surface area contributed by atoms with Gasteiger partial charge < -0.3 is 5.32 Å². The van der Waals surface area contributed by atoms with Crippen LogP contribution in [0, 0.1) is 6.92 Å². The maximum absolute atomic E-state index is 12.0. The van der Waals surface area contributed by atoms with Gasteiger partial charge in [-0.2, -0.15) is 13.2 Å². The molecule has 2 heterocycles. The molecular formula is C10H12F3N5. The maximum atomic E-state index is 12.0. The minimum absolute atomic E-state index is 0.000641. The summed E-state index contributed by atoms with van der Waals surface area (Å²) >= 11 is 0. The molecule has 0 bridgehead atoms. The minimum Gasteiger partial charge on any atom is -0.367 e. The Bertz CT molecular complexity index is 534. The van der Waals surface area contributed by atoms with Crippen molar-refractivity contribution >= 4 is 11.5 Å². The third-order valence-corrected chi connectivity index (χ3v) is 2.43. The van der Waals surface area contributed by atoms with Gasteiger partial charge in [-0.1, -0.05) is 0 Å². The van der Waals surface area contributed by atoms with Gasteiger partial charge in [-0.25, -0.2) is 4.98 Å². The average molecular weight is 259 g/mol. The van der Waals surface area contributed by atoms with E-state index in [-0.39, 0.29) is 13.0 Å². The van der Waals surface area contributed by atoms with Gasteiger partial charge in [0.15, 0.2) is 5.82 Å². The van der Waals surface area contributed by atoms with Gasteiger partial charge in [-0.05, 0) is 13.3 Å². The SMILES string of the molecule is Cc1nnc2c(NCCCC(F)(F)F)nccn12. The fraction of sp³-hybridized carbons (Fsp3) is 0.500. The molecule has 8 heteroatoms. The summed E-state index contributed by atoms with van der Waals surface area (Å²) in [6.07, 6.45) is -1.68. The number of hydrogen-bond donors (Lipinski definition) is 1. The lowest BCUT2D eigenvalue weighted by Gasteiger charge is -2.08. The topological polar surface area (TPSA) is 55.1 Å². The first kappa shape index (κ1) is 12.6. The summed E-state index contributed by atoms with van der Waals surface area (Å²) in [5, 5.41) is 10.6. The second-order valence-electron chi connectivity index (χ2n) is 3.86. The van der Waals surface area contributed by atoms with E-state index in [4.69, 9.17) is 0 Å². The molecule has 0 saturated carbocycles. The summed E-state index contributed by atoms with van der Waals surface area (Å²) in [6.45, 7) is 1.98. The zero-order chi connectivity index (χ0) is 13.2. The van der Waals surface area contributed by atoms with Crippen LogP contribution in [0.25, 0.3) is 5.65 Å². The van der Waals surface area contributed by atoms with E-state index in [0.717, 1.165) is 0 Å². The molecule has 0 aliphatic rings. The molecule has 0 aliphatic carbocycles. The number of halogens is 3. The first-order valence-electron chi connectivity index (χ1n) is 5.44. The Labute approximate surface area is 101 Å². The molecule has 1 N–H and O–H groups in total. The highest BCUT2D eigenvalue weighted by Crippen LogP contribution is 2.21. The fourth-order valence-corrected chi connectivity index (χ4v) is 1.56. The molecule has 0 fully saturated rings. The third-order valence-electron chi connectivity index (χ3n) is 2.43. The molecule has 2 aromatic rings. The molecule has 0 atom stereocenters. The lowest BCUT2D eigenvalue weighted by molar-refractivity contribution is -0.134. The number of alkyl halides is 3. The number of nitrogens with zero attached hydrogens (tertiary/aromatic N) is 4. The third kappa shape index (κ3) is 2.88. The van der Waals surface area contributed by atoms with E-state index in [0.29, 0.717) is 17.3 Å². The van der Waals surface area contributed by atoms with Crippen LogP contribution >= 0.6 is 0 Å². The van der Waals surface area contributed by atoms with Gasteiger partial charge in [0.25, 0.3) is 0 Å². The lowest BCUT2D eigenvalue weighted by Crippen LogP contribution is -2.12. The number of aryl methyl sites for hydroxylation is 1. The molecule has 2 rings (SSSR count). The second kappa shape index (κ2) is 4.79. The quantitative estimate of drug-likeness (QED) is 0.855. The molecule has 2 aromatic heterocycles. The van der Waals surface area contributed by atoms with Gasteiger partial charge in [-0.15, -0.1) is 10.2 Å². The highest BCUT2D eigenvalue weighted by molar-refractivity contribution is 5.61. The molecule has 0 unspecified atom stereocenters. The fourth-order valence-electron chi connectivity index (χ4n) is 1.56. The van der Waals surface area contributed by atoms with Crippen LogP contribution < -0.4 is 5.32 Å². The summed E-state index contributed by atoms with van der Waals surface area (Å²) < 4.78 is 37.6. The normalized spacial score (nSPS) is 12.0. The van der Waals surface area contributed by atoms with Crippen LogP contribution in [0.4, 0.5) is 19.0 Å². The summed E-state index contributed by atoms with van der Waals surface area (Å²) in [5.74, 6) is 1.14. The Morgan fingerprint density at radius 3 is 2.83 bits per heavy atom. The summed E-state index contributed by atoms with van der Waals surface area (Å²) in [5.41, 5.74) is 0.516. The number of fused-ring (bicyclic) bond motifs is 1. The van der Waals surface area contributed by atoms with Crippen LogP contribution in [0.2, 0.25) is 0 Å². The molecule has 0 saturated heterocycles. The summed E-state index contributed by atoms with van der Waals surface area (Å²) in [6, 6.07) is 0. The van der Waals surface area contributed by atoms with E-state index in [1.807, 2.05) is 0 Å². The van der Waals surface area contributed by atoms with E-state index in [1.54, 1.807) is 23.7 Å². The number of hydrogen-bond acceptors (Lipinski definition) is 4. The monoisotopic (exact) mass is 259 g/mol. The van der Waals surface area contributed by atoms with Gasteiger partial charge in [0, 0.05) is 25.4 Å². The van der Waals surface area contributed by atoms with Gasteiger partial charge in [0.2, 0.25) is 5.65 Å². The molecule has 5 nitrogen and oxygen atoms in total. The van der Waals surface area contributed by atoms with Crippen molar-refractivity contribution < 1.29 is 13.2 Å². The number of anilines is 1. The van der Waals surface area contributed by atoms with Gasteiger partial charge >= 0.3 is 6.18 Å².